The average Bonchev–Trinajstić information content (AvgIpc) is 3.00. The molecule has 3 aromatic heterocycles. The predicted octanol–water partition coefficient (Wildman–Crippen LogP) is -0.304. The summed E-state index contributed by atoms with van der Waals surface area (Å²) >= 11 is 1.07. The van der Waals surface area contributed by atoms with Gasteiger partial charge in [-0.05, 0) is 19.9 Å². The molecule has 0 unspecified atom stereocenters. The second kappa shape index (κ2) is 6.41. The zero-order valence-corrected chi connectivity index (χ0v) is 15.5. The summed E-state index contributed by atoms with van der Waals surface area (Å²) < 4.78 is 3.51. The summed E-state index contributed by atoms with van der Waals surface area (Å²) in [4.78, 5) is 45.1. The number of fused-ring (bicyclic) bond motifs is 1. The number of hydrogen-bond donors (Lipinski definition) is 1. The molecule has 0 radical (unpaired) electrons. The largest absolute Gasteiger partial charge is 0.384 e. The first kappa shape index (κ1) is 17.9. The molecule has 0 saturated heterocycles. The number of rotatable bonds is 4. The van der Waals surface area contributed by atoms with Crippen LogP contribution in [0, 0.1) is 13.8 Å². The number of ketones is 1. The van der Waals surface area contributed by atoms with Gasteiger partial charge in [0.05, 0.1) is 5.75 Å². The Balaban J connectivity index is 1.90. The van der Waals surface area contributed by atoms with E-state index in [2.05, 4.69) is 15.1 Å². The van der Waals surface area contributed by atoms with Crippen LogP contribution in [-0.4, -0.2) is 40.3 Å². The van der Waals surface area contributed by atoms with E-state index >= 15 is 0 Å². The summed E-state index contributed by atoms with van der Waals surface area (Å²) in [7, 11) is 2.70. The molecule has 0 aliphatic heterocycles. The second-order valence-corrected chi connectivity index (χ2v) is 6.77. The minimum absolute atomic E-state index is 0.0907. The number of nitrogens with zero attached hydrogens (tertiary/aromatic N) is 6. The predicted molar refractivity (Wildman–Crippen MR) is 96.6 cm³/mol. The van der Waals surface area contributed by atoms with Gasteiger partial charge in [-0.15, -0.1) is 5.10 Å². The van der Waals surface area contributed by atoms with Crippen LogP contribution in [0.4, 0.5) is 5.82 Å². The van der Waals surface area contributed by atoms with Crippen LogP contribution in [-0.2, 0) is 14.1 Å². The van der Waals surface area contributed by atoms with E-state index in [0.717, 1.165) is 32.3 Å². The van der Waals surface area contributed by atoms with Gasteiger partial charge >= 0.3 is 5.69 Å². The van der Waals surface area contributed by atoms with E-state index < -0.39 is 17.0 Å². The van der Waals surface area contributed by atoms with E-state index in [-0.39, 0.29) is 17.1 Å². The number of carbonyl (C=O) groups excluding carboxylic acids is 1. The van der Waals surface area contributed by atoms with Crippen molar-refractivity contribution in [2.75, 3.05) is 11.5 Å². The number of carbonyl (C=O) groups is 1. The van der Waals surface area contributed by atoms with Gasteiger partial charge in [0.25, 0.3) is 11.3 Å². The third-order valence-electron chi connectivity index (χ3n) is 3.92. The minimum atomic E-state index is -0.715. The molecule has 0 fully saturated rings. The number of thioether (sulfide) groups is 1. The average molecular weight is 375 g/mol. The maximum absolute atomic E-state index is 12.5. The Hall–Kier alpha value is -2.95. The molecule has 0 aliphatic carbocycles. The second-order valence-electron chi connectivity index (χ2n) is 5.82. The van der Waals surface area contributed by atoms with Gasteiger partial charge in [0, 0.05) is 25.5 Å². The Bertz CT molecular complexity index is 1160. The molecular weight excluding hydrogens is 358 g/mol. The standard InChI is InChI=1S/C15H17N7O3S/c1-7-5-8(2)22-13(17-7)18-14(19-22)26-6-9(23)10-11(16)20(3)15(25)21(4)12(10)24/h5H,6,16H2,1-4H3. The lowest BCUT2D eigenvalue weighted by Crippen LogP contribution is -2.41. The van der Waals surface area contributed by atoms with Crippen molar-refractivity contribution >= 4 is 29.1 Å². The van der Waals surface area contributed by atoms with Crippen LogP contribution in [0.2, 0.25) is 0 Å². The van der Waals surface area contributed by atoms with E-state index in [1.807, 2.05) is 19.9 Å². The molecule has 26 heavy (non-hydrogen) atoms. The molecule has 0 amide bonds. The zero-order valence-electron chi connectivity index (χ0n) is 14.7. The van der Waals surface area contributed by atoms with E-state index in [9.17, 15) is 14.4 Å². The number of aromatic nitrogens is 6. The highest BCUT2D eigenvalue weighted by Gasteiger charge is 2.21. The first-order valence-electron chi connectivity index (χ1n) is 7.63. The van der Waals surface area contributed by atoms with Gasteiger partial charge in [0.1, 0.15) is 11.4 Å². The van der Waals surface area contributed by atoms with Gasteiger partial charge in [0.2, 0.25) is 5.16 Å². The summed E-state index contributed by atoms with van der Waals surface area (Å²) in [6, 6.07) is 1.87. The fourth-order valence-corrected chi connectivity index (χ4v) is 3.22. The summed E-state index contributed by atoms with van der Waals surface area (Å²) in [5.41, 5.74) is 5.97. The lowest BCUT2D eigenvalue weighted by atomic mass is 10.2. The molecule has 0 spiro atoms. The molecule has 0 aliphatic rings. The molecule has 3 heterocycles. The Morgan fingerprint density at radius 2 is 1.88 bits per heavy atom. The van der Waals surface area contributed by atoms with Crippen LogP contribution >= 0.6 is 11.8 Å². The fourth-order valence-electron chi connectivity index (χ4n) is 2.53. The van der Waals surface area contributed by atoms with Crippen molar-refractivity contribution in [2.24, 2.45) is 14.1 Å². The first-order valence-corrected chi connectivity index (χ1v) is 8.61. The van der Waals surface area contributed by atoms with Gasteiger partial charge in [-0.25, -0.2) is 14.3 Å². The van der Waals surface area contributed by atoms with Crippen LogP contribution in [0.1, 0.15) is 21.7 Å². The van der Waals surface area contributed by atoms with Crippen LogP contribution < -0.4 is 17.0 Å². The maximum atomic E-state index is 12.5. The highest BCUT2D eigenvalue weighted by atomic mass is 32.2. The van der Waals surface area contributed by atoms with Crippen molar-refractivity contribution in [3.05, 3.63) is 43.9 Å². The maximum Gasteiger partial charge on any atom is 0.332 e. The van der Waals surface area contributed by atoms with E-state index in [1.165, 1.54) is 14.1 Å². The molecule has 0 bridgehead atoms. The van der Waals surface area contributed by atoms with Crippen molar-refractivity contribution in [2.45, 2.75) is 19.0 Å². The number of nitrogen functional groups attached to an aromatic ring is 1. The van der Waals surface area contributed by atoms with Crippen molar-refractivity contribution < 1.29 is 4.79 Å². The molecule has 0 saturated carbocycles. The summed E-state index contributed by atoms with van der Waals surface area (Å²) in [6.45, 7) is 3.74. The first-order chi connectivity index (χ1) is 12.2. The highest BCUT2D eigenvalue weighted by Crippen LogP contribution is 2.17. The van der Waals surface area contributed by atoms with E-state index in [4.69, 9.17) is 5.73 Å². The molecular formula is C15H17N7O3S. The van der Waals surface area contributed by atoms with Crippen LogP contribution in [0.25, 0.3) is 5.78 Å². The molecule has 11 heteroatoms. The fraction of sp³-hybridized carbons (Fsp3) is 0.333. The SMILES string of the molecule is Cc1cc(C)n2nc(SCC(=O)c3c(N)n(C)c(=O)n(C)c3=O)nc2n1. The number of aryl methyl sites for hydroxylation is 2. The van der Waals surface area contributed by atoms with Crippen molar-refractivity contribution in [1.82, 2.24) is 28.7 Å². The topological polar surface area (TPSA) is 130 Å². The number of nitrogens with two attached hydrogens (primary N) is 1. The van der Waals surface area contributed by atoms with Gasteiger partial charge in [-0.1, -0.05) is 11.8 Å². The Morgan fingerprint density at radius 1 is 1.19 bits per heavy atom. The van der Waals surface area contributed by atoms with Gasteiger partial charge < -0.3 is 5.73 Å². The van der Waals surface area contributed by atoms with Gasteiger partial charge in [-0.2, -0.15) is 4.98 Å². The van der Waals surface area contributed by atoms with Crippen LogP contribution in [0.3, 0.4) is 0 Å². The highest BCUT2D eigenvalue weighted by molar-refractivity contribution is 7.99. The number of anilines is 1. The smallest absolute Gasteiger partial charge is 0.332 e. The van der Waals surface area contributed by atoms with Crippen molar-refractivity contribution in [3.8, 4) is 0 Å². The molecule has 0 atom stereocenters. The van der Waals surface area contributed by atoms with E-state index in [1.54, 1.807) is 4.52 Å². The van der Waals surface area contributed by atoms with Crippen molar-refractivity contribution in [3.63, 3.8) is 0 Å². The molecule has 0 aromatic carbocycles. The molecule has 3 rings (SSSR count). The lowest BCUT2D eigenvalue weighted by molar-refractivity contribution is 0.102. The Morgan fingerprint density at radius 3 is 2.58 bits per heavy atom. The monoisotopic (exact) mass is 375 g/mol. The quantitative estimate of drug-likeness (QED) is 0.486. The van der Waals surface area contributed by atoms with Crippen LogP contribution in [0.5, 0.6) is 0 Å². The molecule has 136 valence electrons. The number of Topliss-reactive ketones (excluding diaryl/α,β-unsaturated/α-hetero) is 1. The molecule has 10 nitrogen and oxygen atoms in total. The summed E-state index contributed by atoms with van der Waals surface area (Å²) in [6.07, 6.45) is 0. The van der Waals surface area contributed by atoms with E-state index in [0.29, 0.717) is 10.9 Å². The minimum Gasteiger partial charge on any atom is -0.384 e. The Labute approximate surface area is 151 Å². The van der Waals surface area contributed by atoms with Gasteiger partial charge in [-0.3, -0.25) is 18.7 Å². The third-order valence-corrected chi connectivity index (χ3v) is 4.76. The molecule has 3 aromatic rings. The third kappa shape index (κ3) is 2.90. The molecule has 2 N–H and O–H groups in total. The zero-order chi connectivity index (χ0) is 19.2. The summed E-state index contributed by atoms with van der Waals surface area (Å²) in [5, 5.41) is 4.66. The van der Waals surface area contributed by atoms with Crippen molar-refractivity contribution in [1.29, 1.82) is 0 Å². The van der Waals surface area contributed by atoms with Gasteiger partial charge in [0.15, 0.2) is 5.78 Å². The number of hydrogen-bond acceptors (Lipinski definition) is 8. The summed E-state index contributed by atoms with van der Waals surface area (Å²) in [5.74, 6) is -0.301. The van der Waals surface area contributed by atoms with Crippen LogP contribution in [0.15, 0.2) is 20.8 Å². The Kier molecular flexibility index (Phi) is 4.40. The normalized spacial score (nSPS) is 11.2. The lowest BCUT2D eigenvalue weighted by Gasteiger charge is -2.10.